The zero-order valence-electron chi connectivity index (χ0n) is 17.2. The Morgan fingerprint density at radius 3 is 2.50 bits per heavy atom. The van der Waals surface area contributed by atoms with E-state index >= 15 is 0 Å². The molecule has 0 radical (unpaired) electrons. The van der Waals surface area contributed by atoms with Crippen molar-refractivity contribution in [3.63, 3.8) is 0 Å². The average molecular weight is 448 g/mol. The van der Waals surface area contributed by atoms with Gasteiger partial charge in [-0.3, -0.25) is 9.10 Å². The first kappa shape index (κ1) is 22.2. The Morgan fingerprint density at radius 2 is 1.90 bits per heavy atom. The minimum absolute atomic E-state index is 0.244. The van der Waals surface area contributed by atoms with Gasteiger partial charge in [0, 0.05) is 11.5 Å². The highest BCUT2D eigenvalue weighted by molar-refractivity contribution is 8.00. The quantitative estimate of drug-likeness (QED) is 0.497. The van der Waals surface area contributed by atoms with Crippen LogP contribution in [-0.4, -0.2) is 50.9 Å². The Kier molecular flexibility index (Phi) is 7.04. The molecule has 0 atom stereocenters. The summed E-state index contributed by atoms with van der Waals surface area (Å²) in [6.45, 7) is 3.27. The maximum absolute atomic E-state index is 12.4. The van der Waals surface area contributed by atoms with Crippen LogP contribution in [0, 0.1) is 13.8 Å². The molecule has 1 amide bonds. The molecule has 1 saturated heterocycles. The number of hydrogen-bond acceptors (Lipinski definition) is 6. The monoisotopic (exact) mass is 447 g/mol. The summed E-state index contributed by atoms with van der Waals surface area (Å²) >= 11 is 1.85. The van der Waals surface area contributed by atoms with Crippen molar-refractivity contribution < 1.29 is 17.9 Å². The lowest BCUT2D eigenvalue weighted by atomic mass is 10.1. The lowest BCUT2D eigenvalue weighted by Crippen LogP contribution is -2.39. The molecule has 30 heavy (non-hydrogen) atoms. The maximum Gasteiger partial charge on any atom is 0.260 e. The Labute approximate surface area is 181 Å². The van der Waals surface area contributed by atoms with Gasteiger partial charge in [0.1, 0.15) is 18.4 Å². The SMILES string of the molecule is Cc1cccc(C)c1N(CC(=O)N/N=C\c1cccc(OC2CSC2)c1)S(C)(=O)=O. The van der Waals surface area contributed by atoms with E-state index in [9.17, 15) is 13.2 Å². The summed E-state index contributed by atoms with van der Waals surface area (Å²) in [7, 11) is -3.65. The molecule has 1 N–H and O–H groups in total. The van der Waals surface area contributed by atoms with E-state index in [1.54, 1.807) is 0 Å². The first-order chi connectivity index (χ1) is 14.2. The molecular weight excluding hydrogens is 422 g/mol. The molecule has 7 nitrogen and oxygen atoms in total. The van der Waals surface area contributed by atoms with Gasteiger partial charge in [0.2, 0.25) is 10.0 Å². The summed E-state index contributed by atoms with van der Waals surface area (Å²) in [6.07, 6.45) is 2.83. The summed E-state index contributed by atoms with van der Waals surface area (Å²) in [5, 5.41) is 3.96. The number of carbonyl (C=O) groups excluding carboxylic acids is 1. The molecule has 0 aromatic heterocycles. The number of rotatable bonds is 8. The summed E-state index contributed by atoms with van der Waals surface area (Å²) in [6, 6.07) is 12.9. The number of nitrogens with zero attached hydrogens (tertiary/aromatic N) is 2. The molecule has 0 aliphatic carbocycles. The van der Waals surface area contributed by atoms with Gasteiger partial charge in [-0.15, -0.1) is 0 Å². The fourth-order valence-electron chi connectivity index (χ4n) is 3.05. The van der Waals surface area contributed by atoms with Crippen molar-refractivity contribution in [1.29, 1.82) is 0 Å². The van der Waals surface area contributed by atoms with Crippen molar-refractivity contribution in [2.75, 3.05) is 28.6 Å². The zero-order chi connectivity index (χ0) is 21.7. The number of amides is 1. The Morgan fingerprint density at radius 1 is 1.23 bits per heavy atom. The topological polar surface area (TPSA) is 88.1 Å². The highest BCUT2D eigenvalue weighted by Crippen LogP contribution is 2.26. The largest absolute Gasteiger partial charge is 0.489 e. The molecule has 2 aromatic rings. The number of hydrogen-bond donors (Lipinski definition) is 1. The highest BCUT2D eigenvalue weighted by atomic mass is 32.2. The van der Waals surface area contributed by atoms with Crippen LogP contribution < -0.4 is 14.5 Å². The molecule has 3 rings (SSSR count). The molecule has 2 aromatic carbocycles. The Bertz CT molecular complexity index is 1030. The third-order valence-electron chi connectivity index (χ3n) is 4.55. The van der Waals surface area contributed by atoms with Gasteiger partial charge in [-0.05, 0) is 42.7 Å². The number of sulfonamides is 1. The second kappa shape index (κ2) is 9.53. The number of carbonyl (C=O) groups is 1. The van der Waals surface area contributed by atoms with Gasteiger partial charge in [0.05, 0.1) is 18.2 Å². The van der Waals surface area contributed by atoms with E-state index in [2.05, 4.69) is 10.5 Å². The van der Waals surface area contributed by atoms with Gasteiger partial charge in [0.25, 0.3) is 5.91 Å². The van der Waals surface area contributed by atoms with E-state index in [1.807, 2.05) is 68.1 Å². The van der Waals surface area contributed by atoms with Crippen molar-refractivity contribution in [1.82, 2.24) is 5.43 Å². The molecular formula is C21H25N3O4S2. The van der Waals surface area contributed by atoms with Crippen molar-refractivity contribution >= 4 is 39.6 Å². The number of nitrogens with one attached hydrogen (secondary N) is 1. The lowest BCUT2D eigenvalue weighted by molar-refractivity contribution is -0.119. The van der Waals surface area contributed by atoms with E-state index in [0.29, 0.717) is 5.69 Å². The van der Waals surface area contributed by atoms with Gasteiger partial charge >= 0.3 is 0 Å². The van der Waals surface area contributed by atoms with Crippen molar-refractivity contribution in [2.24, 2.45) is 5.10 Å². The number of aryl methyl sites for hydroxylation is 2. The number of hydrazone groups is 1. The van der Waals surface area contributed by atoms with Crippen molar-refractivity contribution in [2.45, 2.75) is 20.0 Å². The normalized spacial score (nSPS) is 14.4. The van der Waals surface area contributed by atoms with Crippen LogP contribution in [0.3, 0.4) is 0 Å². The van der Waals surface area contributed by atoms with E-state index in [-0.39, 0.29) is 12.6 Å². The number of ether oxygens (including phenoxy) is 1. The average Bonchev–Trinajstić information content (AvgIpc) is 2.63. The summed E-state index contributed by atoms with van der Waals surface area (Å²) in [5.74, 6) is 2.21. The van der Waals surface area contributed by atoms with Gasteiger partial charge < -0.3 is 4.74 Å². The zero-order valence-corrected chi connectivity index (χ0v) is 18.8. The summed E-state index contributed by atoms with van der Waals surface area (Å²) in [5.41, 5.74) is 5.24. The highest BCUT2D eigenvalue weighted by Gasteiger charge is 2.23. The smallest absolute Gasteiger partial charge is 0.260 e. The molecule has 0 saturated carbocycles. The molecule has 0 bridgehead atoms. The van der Waals surface area contributed by atoms with Crippen LogP contribution in [0.15, 0.2) is 47.6 Å². The molecule has 0 spiro atoms. The maximum atomic E-state index is 12.4. The molecule has 1 heterocycles. The lowest BCUT2D eigenvalue weighted by Gasteiger charge is -2.25. The summed E-state index contributed by atoms with van der Waals surface area (Å²) < 4.78 is 31.6. The van der Waals surface area contributed by atoms with Gasteiger partial charge in [-0.2, -0.15) is 16.9 Å². The third kappa shape index (κ3) is 5.76. The van der Waals surface area contributed by atoms with Gasteiger partial charge in [0.15, 0.2) is 0 Å². The predicted octanol–water partition coefficient (Wildman–Crippen LogP) is 2.71. The van der Waals surface area contributed by atoms with E-state index < -0.39 is 15.9 Å². The van der Waals surface area contributed by atoms with Crippen molar-refractivity contribution in [3.8, 4) is 5.75 Å². The predicted molar refractivity (Wildman–Crippen MR) is 122 cm³/mol. The van der Waals surface area contributed by atoms with Crippen LogP contribution in [0.2, 0.25) is 0 Å². The molecule has 0 unspecified atom stereocenters. The van der Waals surface area contributed by atoms with Crippen molar-refractivity contribution in [3.05, 3.63) is 59.2 Å². The molecule has 1 aliphatic rings. The summed E-state index contributed by atoms with van der Waals surface area (Å²) in [4.78, 5) is 12.4. The van der Waals surface area contributed by atoms with Crippen LogP contribution in [0.25, 0.3) is 0 Å². The number of thioether (sulfide) groups is 1. The fourth-order valence-corrected chi connectivity index (χ4v) is 4.58. The number of anilines is 1. The van der Waals surface area contributed by atoms with Crippen LogP contribution in [-0.2, 0) is 14.8 Å². The Balaban J connectivity index is 1.65. The van der Waals surface area contributed by atoms with Crippen LogP contribution in [0.1, 0.15) is 16.7 Å². The first-order valence-corrected chi connectivity index (χ1v) is 12.4. The third-order valence-corrected chi connectivity index (χ3v) is 6.87. The molecule has 1 aliphatic heterocycles. The molecule has 1 fully saturated rings. The second-order valence-corrected chi connectivity index (χ2v) is 10.1. The fraction of sp³-hybridized carbons (Fsp3) is 0.333. The second-order valence-electron chi connectivity index (χ2n) is 7.15. The minimum Gasteiger partial charge on any atom is -0.489 e. The number of benzene rings is 2. The van der Waals surface area contributed by atoms with Crippen LogP contribution in [0.4, 0.5) is 5.69 Å². The number of para-hydroxylation sites is 1. The van der Waals surface area contributed by atoms with Crippen LogP contribution in [0.5, 0.6) is 5.75 Å². The van der Waals surface area contributed by atoms with Gasteiger partial charge in [-0.25, -0.2) is 13.8 Å². The van der Waals surface area contributed by atoms with E-state index in [0.717, 1.165) is 44.5 Å². The molecule has 160 valence electrons. The van der Waals surface area contributed by atoms with E-state index in [1.165, 1.54) is 6.21 Å². The van der Waals surface area contributed by atoms with E-state index in [4.69, 9.17) is 4.74 Å². The first-order valence-electron chi connectivity index (χ1n) is 9.44. The van der Waals surface area contributed by atoms with Gasteiger partial charge in [-0.1, -0.05) is 30.3 Å². The van der Waals surface area contributed by atoms with Crippen LogP contribution >= 0.6 is 11.8 Å². The molecule has 9 heteroatoms. The Hall–Kier alpha value is -2.52. The standard InChI is InChI=1S/C21H25N3O4S2/c1-15-6-4-7-16(2)21(15)24(30(3,26)27)12-20(25)23-22-11-17-8-5-9-18(10-17)28-19-13-29-14-19/h4-11,19H,12-14H2,1-3H3,(H,23,25)/b22-11-. The minimum atomic E-state index is -3.65.